The molecule has 1 heterocycles. The summed E-state index contributed by atoms with van der Waals surface area (Å²) in [7, 11) is 0. The molecular formula is C9H14N2OS. The minimum atomic E-state index is 0.150. The number of thiocarbonyl (C=S) groups is 1. The van der Waals surface area contributed by atoms with E-state index in [1.807, 2.05) is 0 Å². The SMILES string of the molecule is O=C1CNC(=S)N1C1CCCCC1. The summed E-state index contributed by atoms with van der Waals surface area (Å²) in [5, 5.41) is 3.56. The van der Waals surface area contributed by atoms with Gasteiger partial charge in [-0.25, -0.2) is 0 Å². The van der Waals surface area contributed by atoms with Crippen LogP contribution in [0, 0.1) is 0 Å². The van der Waals surface area contributed by atoms with Crippen molar-refractivity contribution >= 4 is 23.2 Å². The molecule has 0 atom stereocenters. The van der Waals surface area contributed by atoms with Crippen LogP contribution in [0.4, 0.5) is 0 Å². The van der Waals surface area contributed by atoms with Crippen LogP contribution in [0.5, 0.6) is 0 Å². The highest BCUT2D eigenvalue weighted by Crippen LogP contribution is 2.23. The Balaban J connectivity index is 2.05. The van der Waals surface area contributed by atoms with E-state index in [9.17, 15) is 4.79 Å². The third-order valence-corrected chi connectivity index (χ3v) is 3.16. The molecule has 1 saturated carbocycles. The van der Waals surface area contributed by atoms with Crippen molar-refractivity contribution in [3.05, 3.63) is 0 Å². The van der Waals surface area contributed by atoms with Gasteiger partial charge in [0.15, 0.2) is 5.11 Å². The molecule has 1 aliphatic carbocycles. The molecule has 13 heavy (non-hydrogen) atoms. The van der Waals surface area contributed by atoms with Crippen LogP contribution >= 0.6 is 12.2 Å². The van der Waals surface area contributed by atoms with Crippen LogP contribution in [0.1, 0.15) is 32.1 Å². The Morgan fingerprint density at radius 2 is 2.00 bits per heavy atom. The topological polar surface area (TPSA) is 32.3 Å². The number of nitrogens with zero attached hydrogens (tertiary/aromatic N) is 1. The van der Waals surface area contributed by atoms with Gasteiger partial charge in [-0.1, -0.05) is 19.3 Å². The van der Waals surface area contributed by atoms with Gasteiger partial charge in [-0.15, -0.1) is 0 Å². The summed E-state index contributed by atoms with van der Waals surface area (Å²) in [5.41, 5.74) is 0. The van der Waals surface area contributed by atoms with Crippen molar-refractivity contribution in [3.8, 4) is 0 Å². The van der Waals surface area contributed by atoms with Crippen molar-refractivity contribution in [1.29, 1.82) is 0 Å². The van der Waals surface area contributed by atoms with Crippen LogP contribution in [0.2, 0.25) is 0 Å². The second-order valence-corrected chi connectivity index (χ2v) is 4.10. The van der Waals surface area contributed by atoms with E-state index in [1.165, 1.54) is 19.3 Å². The van der Waals surface area contributed by atoms with E-state index < -0.39 is 0 Å². The van der Waals surface area contributed by atoms with E-state index in [0.717, 1.165) is 12.8 Å². The molecule has 0 aromatic heterocycles. The van der Waals surface area contributed by atoms with Crippen LogP contribution in [-0.4, -0.2) is 28.5 Å². The zero-order valence-corrected chi connectivity index (χ0v) is 8.40. The van der Waals surface area contributed by atoms with Gasteiger partial charge < -0.3 is 5.32 Å². The molecule has 1 N–H and O–H groups in total. The first-order chi connectivity index (χ1) is 6.29. The van der Waals surface area contributed by atoms with Gasteiger partial charge >= 0.3 is 0 Å². The molecule has 0 spiro atoms. The molecule has 0 bridgehead atoms. The average molecular weight is 198 g/mol. The summed E-state index contributed by atoms with van der Waals surface area (Å²) in [5.74, 6) is 0.150. The zero-order chi connectivity index (χ0) is 9.26. The van der Waals surface area contributed by atoms with Crippen molar-refractivity contribution in [3.63, 3.8) is 0 Å². The lowest BCUT2D eigenvalue weighted by Gasteiger charge is -2.29. The van der Waals surface area contributed by atoms with Gasteiger partial charge in [-0.05, 0) is 25.1 Å². The highest BCUT2D eigenvalue weighted by molar-refractivity contribution is 7.80. The normalized spacial score (nSPS) is 25.1. The summed E-state index contributed by atoms with van der Waals surface area (Å²) in [6.45, 7) is 0.398. The van der Waals surface area contributed by atoms with Crippen LogP contribution in [0.25, 0.3) is 0 Å². The lowest BCUT2D eigenvalue weighted by Crippen LogP contribution is -2.41. The van der Waals surface area contributed by atoms with E-state index in [0.29, 0.717) is 17.7 Å². The van der Waals surface area contributed by atoms with Gasteiger partial charge in [0.05, 0.1) is 6.54 Å². The Kier molecular flexibility index (Phi) is 2.49. The highest BCUT2D eigenvalue weighted by Gasteiger charge is 2.32. The van der Waals surface area contributed by atoms with E-state index in [1.54, 1.807) is 4.90 Å². The smallest absolute Gasteiger partial charge is 0.248 e. The number of carbonyl (C=O) groups excluding carboxylic acids is 1. The van der Waals surface area contributed by atoms with Gasteiger partial charge in [0, 0.05) is 6.04 Å². The standard InChI is InChI=1S/C9H14N2OS/c12-8-6-10-9(13)11(8)7-4-2-1-3-5-7/h7H,1-6H2,(H,10,13). The third kappa shape index (κ3) is 1.68. The van der Waals surface area contributed by atoms with Crippen LogP contribution in [0.3, 0.4) is 0 Å². The summed E-state index contributed by atoms with van der Waals surface area (Å²) >= 11 is 5.09. The molecule has 0 unspecified atom stereocenters. The number of rotatable bonds is 1. The third-order valence-electron chi connectivity index (χ3n) is 2.82. The van der Waals surface area contributed by atoms with Crippen molar-refractivity contribution < 1.29 is 4.79 Å². The van der Waals surface area contributed by atoms with E-state index in [2.05, 4.69) is 5.32 Å². The van der Waals surface area contributed by atoms with E-state index in [-0.39, 0.29) is 5.91 Å². The molecule has 2 rings (SSSR count). The van der Waals surface area contributed by atoms with Crippen molar-refractivity contribution in [2.45, 2.75) is 38.1 Å². The van der Waals surface area contributed by atoms with Crippen LogP contribution in [0.15, 0.2) is 0 Å². The van der Waals surface area contributed by atoms with Crippen molar-refractivity contribution in [1.82, 2.24) is 10.2 Å². The first-order valence-corrected chi connectivity index (χ1v) is 5.30. The first-order valence-electron chi connectivity index (χ1n) is 4.89. The fraction of sp³-hybridized carbons (Fsp3) is 0.778. The molecule has 1 amide bonds. The quantitative estimate of drug-likeness (QED) is 0.639. The fourth-order valence-electron chi connectivity index (χ4n) is 2.14. The molecule has 72 valence electrons. The van der Waals surface area contributed by atoms with Gasteiger partial charge in [-0.2, -0.15) is 0 Å². The molecule has 0 aromatic carbocycles. The monoisotopic (exact) mass is 198 g/mol. The van der Waals surface area contributed by atoms with Crippen LogP contribution in [-0.2, 0) is 4.79 Å². The van der Waals surface area contributed by atoms with Gasteiger partial charge in [0.25, 0.3) is 0 Å². The Morgan fingerprint density at radius 1 is 1.31 bits per heavy atom. The molecule has 0 aromatic rings. The van der Waals surface area contributed by atoms with Gasteiger partial charge in [0.1, 0.15) is 0 Å². The Morgan fingerprint density at radius 3 is 2.54 bits per heavy atom. The number of carbonyl (C=O) groups is 1. The van der Waals surface area contributed by atoms with E-state index >= 15 is 0 Å². The highest BCUT2D eigenvalue weighted by atomic mass is 32.1. The van der Waals surface area contributed by atoms with Crippen LogP contribution < -0.4 is 5.32 Å². The Labute approximate surface area is 83.5 Å². The van der Waals surface area contributed by atoms with Crippen molar-refractivity contribution in [2.75, 3.05) is 6.54 Å². The summed E-state index contributed by atoms with van der Waals surface area (Å²) in [6, 6.07) is 0.378. The lowest BCUT2D eigenvalue weighted by molar-refractivity contribution is -0.126. The Hall–Kier alpha value is -0.640. The number of hydrogen-bond acceptors (Lipinski definition) is 2. The molecule has 2 fully saturated rings. The number of amides is 1. The van der Waals surface area contributed by atoms with Gasteiger partial charge in [0.2, 0.25) is 5.91 Å². The number of nitrogens with one attached hydrogen (secondary N) is 1. The molecule has 0 radical (unpaired) electrons. The Bertz CT molecular complexity index is 220. The summed E-state index contributed by atoms with van der Waals surface area (Å²) in [4.78, 5) is 13.2. The maximum absolute atomic E-state index is 11.5. The zero-order valence-electron chi connectivity index (χ0n) is 7.58. The second kappa shape index (κ2) is 3.62. The van der Waals surface area contributed by atoms with Crippen molar-refractivity contribution in [2.24, 2.45) is 0 Å². The minimum absolute atomic E-state index is 0.150. The minimum Gasteiger partial charge on any atom is -0.353 e. The predicted octanol–water partition coefficient (Wildman–Crippen LogP) is 1.04. The maximum Gasteiger partial charge on any atom is 0.248 e. The number of hydrogen-bond donors (Lipinski definition) is 1. The first kappa shape index (κ1) is 8.94. The molecule has 1 aliphatic heterocycles. The summed E-state index contributed by atoms with van der Waals surface area (Å²) in [6.07, 6.45) is 6.01. The maximum atomic E-state index is 11.5. The fourth-order valence-corrected chi connectivity index (χ4v) is 2.47. The van der Waals surface area contributed by atoms with E-state index in [4.69, 9.17) is 12.2 Å². The average Bonchev–Trinajstić information content (AvgIpc) is 2.48. The molecule has 1 saturated heterocycles. The molecule has 2 aliphatic rings. The lowest BCUT2D eigenvalue weighted by atomic mass is 9.94. The second-order valence-electron chi connectivity index (χ2n) is 3.71. The molecule has 3 nitrogen and oxygen atoms in total. The largest absolute Gasteiger partial charge is 0.353 e. The molecular weight excluding hydrogens is 184 g/mol. The molecule has 4 heteroatoms. The predicted molar refractivity (Wildman–Crippen MR) is 54.3 cm³/mol. The van der Waals surface area contributed by atoms with Gasteiger partial charge in [-0.3, -0.25) is 9.69 Å². The summed E-state index contributed by atoms with van der Waals surface area (Å²) < 4.78 is 0.